The maximum absolute atomic E-state index is 13.0. The molecule has 0 unspecified atom stereocenters. The highest BCUT2D eigenvalue weighted by molar-refractivity contribution is 9.14. The molecule has 1 aliphatic heterocycles. The van der Waals surface area contributed by atoms with E-state index < -0.39 is 0 Å². The van der Waals surface area contributed by atoms with Crippen LogP contribution in [0.4, 0.5) is 28.4 Å². The van der Waals surface area contributed by atoms with E-state index in [2.05, 4.69) is 63.4 Å². The van der Waals surface area contributed by atoms with E-state index in [9.17, 15) is 4.79 Å². The van der Waals surface area contributed by atoms with Crippen molar-refractivity contribution in [3.05, 3.63) is 98.4 Å². The number of thioether (sulfide) groups is 1. The number of rotatable bonds is 9. The predicted molar refractivity (Wildman–Crippen MR) is 188 cm³/mol. The molecule has 3 aromatic rings. The van der Waals surface area contributed by atoms with Gasteiger partial charge >= 0.3 is 0 Å². The van der Waals surface area contributed by atoms with Crippen molar-refractivity contribution < 1.29 is 14.3 Å². The summed E-state index contributed by atoms with van der Waals surface area (Å²) < 4.78 is 12.9. The summed E-state index contributed by atoms with van der Waals surface area (Å²) in [5.74, 6) is 1.53. The molecule has 1 amide bonds. The monoisotopic (exact) mass is 735 g/mol. The van der Waals surface area contributed by atoms with Crippen molar-refractivity contribution in [1.82, 2.24) is 0 Å². The standard InChI is InChI=1S/C33H31Br2N5O3S/c1-20(2)13-32(41)37-31-18-24(40(22-7-5-9-25(16-22)42-3)23-8-6-10-26(17-23)43-4)11-12-30(31)38-39-33-36-21-14-27(44-33)19-29(35)28(34)15-21/h5-12,15-20H,13-14H2,1-4H3,(H,37,41). The van der Waals surface area contributed by atoms with Gasteiger partial charge in [-0.05, 0) is 92.4 Å². The maximum atomic E-state index is 13.0. The van der Waals surface area contributed by atoms with Gasteiger partial charge in [0.15, 0.2) is 0 Å². The number of methoxy groups -OCH3 is 2. The van der Waals surface area contributed by atoms with Gasteiger partial charge in [-0.25, -0.2) is 4.99 Å². The number of ether oxygens (including phenoxy) is 2. The Labute approximate surface area is 278 Å². The summed E-state index contributed by atoms with van der Waals surface area (Å²) in [4.78, 5) is 20.9. The lowest BCUT2D eigenvalue weighted by Gasteiger charge is -2.27. The van der Waals surface area contributed by atoms with Crippen LogP contribution in [0.1, 0.15) is 26.7 Å². The summed E-state index contributed by atoms with van der Waals surface area (Å²) in [6.45, 7) is 4.02. The van der Waals surface area contributed by atoms with E-state index in [1.165, 1.54) is 11.8 Å². The fourth-order valence-electron chi connectivity index (χ4n) is 4.61. The molecule has 8 nitrogen and oxygen atoms in total. The lowest BCUT2D eigenvalue weighted by Crippen LogP contribution is -2.15. The highest BCUT2D eigenvalue weighted by Gasteiger charge is 2.20. The van der Waals surface area contributed by atoms with Gasteiger partial charge in [0.2, 0.25) is 11.1 Å². The van der Waals surface area contributed by atoms with E-state index in [0.717, 1.165) is 54.5 Å². The van der Waals surface area contributed by atoms with Crippen LogP contribution in [0.25, 0.3) is 0 Å². The van der Waals surface area contributed by atoms with E-state index in [0.29, 0.717) is 23.0 Å². The lowest BCUT2D eigenvalue weighted by atomic mass is 10.1. The van der Waals surface area contributed by atoms with E-state index >= 15 is 0 Å². The molecule has 226 valence electrons. The van der Waals surface area contributed by atoms with Gasteiger partial charge in [-0.3, -0.25) is 4.79 Å². The molecule has 1 aliphatic carbocycles. The zero-order chi connectivity index (χ0) is 31.2. The molecule has 0 aromatic heterocycles. The average Bonchev–Trinajstić information content (AvgIpc) is 3.09. The largest absolute Gasteiger partial charge is 0.497 e. The number of carbonyl (C=O) groups excluding carboxylic acids is 1. The third kappa shape index (κ3) is 7.88. The molecular weight excluding hydrogens is 706 g/mol. The fourth-order valence-corrected chi connectivity index (χ4v) is 6.41. The number of hydrogen-bond acceptors (Lipinski definition) is 8. The third-order valence-electron chi connectivity index (χ3n) is 6.60. The molecule has 3 aromatic carbocycles. The first-order chi connectivity index (χ1) is 21.2. The second kappa shape index (κ2) is 14.4. The number of hydrogen-bond donors (Lipinski definition) is 1. The van der Waals surface area contributed by atoms with Crippen LogP contribution in [0.3, 0.4) is 0 Å². The van der Waals surface area contributed by atoms with E-state index in [4.69, 9.17) is 9.47 Å². The number of amidine groups is 1. The van der Waals surface area contributed by atoms with Gasteiger partial charge < -0.3 is 19.7 Å². The first-order valence-electron chi connectivity index (χ1n) is 13.9. The summed E-state index contributed by atoms with van der Waals surface area (Å²) >= 11 is 8.63. The normalized spacial score (nSPS) is 14.6. The van der Waals surface area contributed by atoms with Crippen LogP contribution in [0, 0.1) is 5.92 Å². The third-order valence-corrected chi connectivity index (χ3v) is 9.32. The second-order valence-electron chi connectivity index (χ2n) is 10.4. The maximum Gasteiger partial charge on any atom is 0.224 e. The lowest BCUT2D eigenvalue weighted by molar-refractivity contribution is -0.116. The minimum absolute atomic E-state index is 0.102. The Morgan fingerprint density at radius 3 is 2.20 bits per heavy atom. The van der Waals surface area contributed by atoms with Crippen molar-refractivity contribution in [3.8, 4) is 11.5 Å². The number of halogens is 2. The van der Waals surface area contributed by atoms with Crippen LogP contribution < -0.4 is 19.7 Å². The molecule has 0 radical (unpaired) electrons. The topological polar surface area (TPSA) is 87.9 Å². The number of fused-ring (bicyclic) bond motifs is 2. The van der Waals surface area contributed by atoms with E-state index in [-0.39, 0.29) is 11.8 Å². The zero-order valence-electron chi connectivity index (χ0n) is 24.7. The van der Waals surface area contributed by atoms with Crippen LogP contribution in [0.2, 0.25) is 0 Å². The molecule has 0 saturated heterocycles. The number of amides is 1. The molecule has 44 heavy (non-hydrogen) atoms. The number of aliphatic imine (C=N–C) groups is 1. The minimum atomic E-state index is -0.102. The molecule has 2 aliphatic rings. The SMILES string of the molecule is COc1cccc(N(c2cccc(OC)c2)c2ccc(N=NC3=NC4=CC(Br)=C(Br)C=C(C4)S3)c(NC(=O)CC(C)C)c2)c1. The van der Waals surface area contributed by atoms with Gasteiger partial charge in [-0.2, -0.15) is 0 Å². The van der Waals surface area contributed by atoms with Crippen LogP contribution in [-0.2, 0) is 4.79 Å². The summed E-state index contributed by atoms with van der Waals surface area (Å²) in [5, 5.41) is 12.7. The summed E-state index contributed by atoms with van der Waals surface area (Å²) in [5.41, 5.74) is 4.48. The number of anilines is 4. The van der Waals surface area contributed by atoms with Crippen molar-refractivity contribution >= 4 is 83.1 Å². The van der Waals surface area contributed by atoms with E-state index in [1.54, 1.807) is 14.2 Å². The fraction of sp³-hybridized carbons (Fsp3) is 0.212. The second-order valence-corrected chi connectivity index (χ2v) is 13.2. The minimum Gasteiger partial charge on any atom is -0.497 e. The first-order valence-corrected chi connectivity index (χ1v) is 16.3. The molecule has 0 atom stereocenters. The number of nitrogens with zero attached hydrogens (tertiary/aromatic N) is 4. The van der Waals surface area contributed by atoms with Gasteiger partial charge in [0.05, 0.1) is 19.9 Å². The molecule has 0 saturated carbocycles. The van der Waals surface area contributed by atoms with Gasteiger partial charge in [0.25, 0.3) is 0 Å². The molecule has 11 heteroatoms. The van der Waals surface area contributed by atoms with Crippen molar-refractivity contribution in [2.24, 2.45) is 21.1 Å². The summed E-state index contributed by atoms with van der Waals surface area (Å²) in [6, 6.07) is 21.3. The highest BCUT2D eigenvalue weighted by atomic mass is 79.9. The Balaban J connectivity index is 1.57. The van der Waals surface area contributed by atoms with Crippen LogP contribution in [0.5, 0.6) is 11.5 Å². The number of nitrogens with one attached hydrogen (secondary N) is 1. The zero-order valence-corrected chi connectivity index (χ0v) is 28.7. The predicted octanol–water partition coefficient (Wildman–Crippen LogP) is 10.5. The van der Waals surface area contributed by atoms with Gasteiger partial charge in [0.1, 0.15) is 17.2 Å². The molecule has 1 N–H and O–H groups in total. The first kappa shape index (κ1) is 31.7. The Hall–Kier alpha value is -3.67. The van der Waals surface area contributed by atoms with Crippen LogP contribution in [-0.4, -0.2) is 25.3 Å². The summed E-state index contributed by atoms with van der Waals surface area (Å²) in [7, 11) is 3.28. The van der Waals surface area contributed by atoms with Gasteiger partial charge in [-0.15, -0.1) is 10.2 Å². The Morgan fingerprint density at radius 2 is 1.57 bits per heavy atom. The highest BCUT2D eigenvalue weighted by Crippen LogP contribution is 2.42. The Morgan fingerprint density at radius 1 is 0.932 bits per heavy atom. The summed E-state index contributed by atoms with van der Waals surface area (Å²) in [6.07, 6.45) is 5.13. The average molecular weight is 738 g/mol. The Kier molecular flexibility index (Phi) is 10.4. The van der Waals surface area contributed by atoms with Crippen molar-refractivity contribution in [1.29, 1.82) is 0 Å². The van der Waals surface area contributed by atoms with Gasteiger partial charge in [-0.1, -0.05) is 37.7 Å². The molecule has 1 heterocycles. The molecule has 2 bridgehead atoms. The van der Waals surface area contributed by atoms with Gasteiger partial charge in [0, 0.05) is 61.6 Å². The number of carbonyl (C=O) groups is 1. The Bertz CT molecular complexity index is 1680. The quantitative estimate of drug-likeness (QED) is 0.221. The van der Waals surface area contributed by atoms with Crippen molar-refractivity contribution in [2.45, 2.75) is 26.7 Å². The number of allylic oxidation sites excluding steroid dienone is 5. The van der Waals surface area contributed by atoms with Crippen LogP contribution in [0.15, 0.2) is 114 Å². The molecule has 5 rings (SSSR count). The van der Waals surface area contributed by atoms with Crippen LogP contribution >= 0.6 is 43.6 Å². The smallest absolute Gasteiger partial charge is 0.224 e. The van der Waals surface area contributed by atoms with E-state index in [1.807, 2.05) is 86.7 Å². The molecule has 0 spiro atoms. The van der Waals surface area contributed by atoms with Crippen molar-refractivity contribution in [3.63, 3.8) is 0 Å². The number of azo groups is 1. The molecule has 0 fully saturated rings. The molecular formula is C33H31Br2N5O3S. The van der Waals surface area contributed by atoms with Crippen molar-refractivity contribution in [2.75, 3.05) is 24.4 Å². The number of benzene rings is 3.